The number of benzene rings is 1. The molecule has 0 spiro atoms. The van der Waals surface area contributed by atoms with Crippen LogP contribution < -0.4 is 4.90 Å². The fourth-order valence-electron chi connectivity index (χ4n) is 1.23. The van der Waals surface area contributed by atoms with Gasteiger partial charge in [-0.2, -0.15) is 5.26 Å². The van der Waals surface area contributed by atoms with Crippen LogP contribution in [-0.4, -0.2) is 25.0 Å². The average molecular weight is 203 g/mol. The number of nitriles is 1. The number of nitrogens with zero attached hydrogens (tertiary/aromatic N) is 3. The van der Waals surface area contributed by atoms with Crippen molar-refractivity contribution in [3.63, 3.8) is 0 Å². The van der Waals surface area contributed by atoms with Crippen LogP contribution in [0.3, 0.4) is 0 Å². The van der Waals surface area contributed by atoms with Gasteiger partial charge in [-0.15, -0.1) is 0 Å². The lowest BCUT2D eigenvalue weighted by atomic mass is 10.2. The molecule has 0 aliphatic rings. The molecule has 0 aromatic heterocycles. The van der Waals surface area contributed by atoms with Gasteiger partial charge in [0.1, 0.15) is 0 Å². The molecule has 0 aliphatic heterocycles. The van der Waals surface area contributed by atoms with Crippen LogP contribution in [0.25, 0.3) is 0 Å². The van der Waals surface area contributed by atoms with E-state index in [4.69, 9.17) is 10.5 Å². The maximum atomic E-state index is 8.45. The quantitative estimate of drug-likeness (QED) is 0.461. The summed E-state index contributed by atoms with van der Waals surface area (Å²) in [7, 11) is 1.94. The summed E-state index contributed by atoms with van der Waals surface area (Å²) >= 11 is 0. The number of oxime groups is 1. The van der Waals surface area contributed by atoms with Gasteiger partial charge in [0.2, 0.25) is 0 Å². The lowest BCUT2D eigenvalue weighted by Crippen LogP contribution is -2.17. The Morgan fingerprint density at radius 3 is 2.67 bits per heavy atom. The molecule has 1 aromatic carbocycles. The number of hydrogen-bond donors (Lipinski definition) is 1. The molecule has 15 heavy (non-hydrogen) atoms. The van der Waals surface area contributed by atoms with E-state index in [9.17, 15) is 0 Å². The second-order valence-electron chi connectivity index (χ2n) is 3.17. The highest BCUT2D eigenvalue weighted by atomic mass is 16.4. The molecule has 1 N–H and O–H groups in total. The zero-order valence-electron chi connectivity index (χ0n) is 8.59. The van der Waals surface area contributed by atoms with Gasteiger partial charge in [-0.3, -0.25) is 0 Å². The zero-order chi connectivity index (χ0) is 11.1. The molecule has 4 heteroatoms. The summed E-state index contributed by atoms with van der Waals surface area (Å²) in [6.07, 6.45) is 1.88. The van der Waals surface area contributed by atoms with Crippen molar-refractivity contribution >= 4 is 11.9 Å². The molecule has 0 fully saturated rings. The van der Waals surface area contributed by atoms with Crippen LogP contribution in [0.1, 0.15) is 12.0 Å². The lowest BCUT2D eigenvalue weighted by Gasteiger charge is -2.17. The summed E-state index contributed by atoms with van der Waals surface area (Å²) in [6.45, 7) is 0.712. The first-order valence-electron chi connectivity index (χ1n) is 4.63. The standard InChI is InChI=1S/C11H13N3O/c1-14(8-2-7-12)11-5-3-10(4-6-11)9-13-15/h3-6,9,15H,2,8H2,1H3/b13-9+. The van der Waals surface area contributed by atoms with Crippen LogP contribution in [0.4, 0.5) is 5.69 Å². The van der Waals surface area contributed by atoms with Crippen LogP contribution >= 0.6 is 0 Å². The third-order valence-electron chi connectivity index (χ3n) is 2.10. The summed E-state index contributed by atoms with van der Waals surface area (Å²) in [5.41, 5.74) is 1.88. The highest BCUT2D eigenvalue weighted by Gasteiger charge is 1.99. The third kappa shape index (κ3) is 3.31. The van der Waals surface area contributed by atoms with Crippen molar-refractivity contribution in [1.29, 1.82) is 5.26 Å². The van der Waals surface area contributed by atoms with Crippen LogP contribution in [0.2, 0.25) is 0 Å². The lowest BCUT2D eigenvalue weighted by molar-refractivity contribution is 0.322. The fourth-order valence-corrected chi connectivity index (χ4v) is 1.23. The van der Waals surface area contributed by atoms with Gasteiger partial charge in [-0.05, 0) is 17.7 Å². The molecule has 0 unspecified atom stereocenters. The number of rotatable bonds is 4. The van der Waals surface area contributed by atoms with Gasteiger partial charge in [0.05, 0.1) is 18.7 Å². The first-order valence-corrected chi connectivity index (χ1v) is 4.63. The first-order chi connectivity index (χ1) is 7.27. The van der Waals surface area contributed by atoms with Gasteiger partial charge >= 0.3 is 0 Å². The van der Waals surface area contributed by atoms with Crippen molar-refractivity contribution < 1.29 is 5.21 Å². The maximum absolute atomic E-state index is 8.45. The highest BCUT2D eigenvalue weighted by Crippen LogP contribution is 2.12. The average Bonchev–Trinajstić information content (AvgIpc) is 2.27. The zero-order valence-corrected chi connectivity index (χ0v) is 8.59. The molecule has 0 saturated heterocycles. The van der Waals surface area contributed by atoms with Gasteiger partial charge in [-0.25, -0.2) is 0 Å². The van der Waals surface area contributed by atoms with E-state index in [-0.39, 0.29) is 0 Å². The molecule has 0 radical (unpaired) electrons. The Balaban J connectivity index is 2.67. The summed E-state index contributed by atoms with van der Waals surface area (Å²) in [4.78, 5) is 2.00. The van der Waals surface area contributed by atoms with E-state index < -0.39 is 0 Å². The Morgan fingerprint density at radius 1 is 1.47 bits per heavy atom. The molecule has 1 rings (SSSR count). The van der Waals surface area contributed by atoms with E-state index in [0.29, 0.717) is 13.0 Å². The Labute approximate surface area is 89.1 Å². The van der Waals surface area contributed by atoms with E-state index in [1.54, 1.807) is 0 Å². The summed E-state index contributed by atoms with van der Waals surface area (Å²) in [6, 6.07) is 9.67. The Hall–Kier alpha value is -2.02. The molecular formula is C11H13N3O. The highest BCUT2D eigenvalue weighted by molar-refractivity contribution is 5.79. The van der Waals surface area contributed by atoms with E-state index in [2.05, 4.69) is 11.2 Å². The van der Waals surface area contributed by atoms with Gasteiger partial charge < -0.3 is 10.1 Å². The van der Waals surface area contributed by atoms with E-state index >= 15 is 0 Å². The van der Waals surface area contributed by atoms with Gasteiger partial charge in [0, 0.05) is 19.3 Å². The molecule has 0 heterocycles. The molecule has 1 aromatic rings. The molecule has 0 atom stereocenters. The van der Waals surface area contributed by atoms with E-state index in [1.165, 1.54) is 6.21 Å². The molecule has 4 nitrogen and oxygen atoms in total. The monoisotopic (exact) mass is 203 g/mol. The summed E-state index contributed by atoms with van der Waals surface area (Å²) < 4.78 is 0. The van der Waals surface area contributed by atoms with Gasteiger partial charge in [-0.1, -0.05) is 17.3 Å². The van der Waals surface area contributed by atoms with Gasteiger partial charge in [0.15, 0.2) is 0 Å². The second kappa shape index (κ2) is 5.66. The molecular weight excluding hydrogens is 190 g/mol. The summed E-state index contributed by atoms with van der Waals surface area (Å²) in [5, 5.41) is 19.7. The van der Waals surface area contributed by atoms with Crippen molar-refractivity contribution in [2.24, 2.45) is 5.16 Å². The topological polar surface area (TPSA) is 59.6 Å². The van der Waals surface area contributed by atoms with Crippen LogP contribution in [-0.2, 0) is 0 Å². The molecule has 78 valence electrons. The first kappa shape index (κ1) is 11.1. The Morgan fingerprint density at radius 2 is 2.13 bits per heavy atom. The van der Waals surface area contributed by atoms with Crippen molar-refractivity contribution in [1.82, 2.24) is 0 Å². The Bertz CT molecular complexity index is 364. The van der Waals surface area contributed by atoms with E-state index in [0.717, 1.165) is 11.3 Å². The SMILES string of the molecule is CN(CCC#N)c1ccc(/C=N/O)cc1. The van der Waals surface area contributed by atoms with Crippen molar-refractivity contribution in [2.75, 3.05) is 18.5 Å². The minimum atomic E-state index is 0.510. The fraction of sp³-hybridized carbons (Fsp3) is 0.273. The normalized spacial score (nSPS) is 10.1. The second-order valence-corrected chi connectivity index (χ2v) is 3.17. The van der Waals surface area contributed by atoms with E-state index in [1.807, 2.05) is 36.2 Å². The molecule has 0 saturated carbocycles. The van der Waals surface area contributed by atoms with Gasteiger partial charge in [0.25, 0.3) is 0 Å². The molecule has 0 aliphatic carbocycles. The van der Waals surface area contributed by atoms with Crippen molar-refractivity contribution in [3.8, 4) is 6.07 Å². The smallest absolute Gasteiger partial charge is 0.0733 e. The third-order valence-corrected chi connectivity index (χ3v) is 2.10. The maximum Gasteiger partial charge on any atom is 0.0733 e. The van der Waals surface area contributed by atoms with Crippen molar-refractivity contribution in [2.45, 2.75) is 6.42 Å². The minimum absolute atomic E-state index is 0.510. The molecule has 0 amide bonds. The number of hydrogen-bond acceptors (Lipinski definition) is 4. The minimum Gasteiger partial charge on any atom is -0.411 e. The van der Waals surface area contributed by atoms with Crippen LogP contribution in [0.15, 0.2) is 29.4 Å². The molecule has 0 bridgehead atoms. The van der Waals surface area contributed by atoms with Crippen molar-refractivity contribution in [3.05, 3.63) is 29.8 Å². The van der Waals surface area contributed by atoms with Crippen LogP contribution in [0, 0.1) is 11.3 Å². The predicted octanol–water partition coefficient (Wildman–Crippen LogP) is 1.84. The number of anilines is 1. The van der Waals surface area contributed by atoms with Crippen LogP contribution in [0.5, 0.6) is 0 Å². The Kier molecular flexibility index (Phi) is 4.17. The largest absolute Gasteiger partial charge is 0.411 e. The summed E-state index contributed by atoms with van der Waals surface area (Å²) in [5.74, 6) is 0. The predicted molar refractivity (Wildman–Crippen MR) is 59.3 cm³/mol.